The summed E-state index contributed by atoms with van der Waals surface area (Å²) in [6.45, 7) is 11.3. The van der Waals surface area contributed by atoms with Gasteiger partial charge in [0, 0.05) is 4.90 Å². The maximum Gasteiger partial charge on any atom is 0.00808 e. The molecule has 0 saturated heterocycles. The van der Waals surface area contributed by atoms with E-state index in [-0.39, 0.29) is 0 Å². The van der Waals surface area contributed by atoms with E-state index in [1.54, 1.807) is 0 Å². The summed E-state index contributed by atoms with van der Waals surface area (Å²) in [4.78, 5) is 1.14. The summed E-state index contributed by atoms with van der Waals surface area (Å²) in [6, 6.07) is 4.56. The smallest absolute Gasteiger partial charge is 0.00808 e. The lowest BCUT2D eigenvalue weighted by molar-refractivity contribution is 0.525. The fourth-order valence-corrected chi connectivity index (χ4v) is 3.41. The molecule has 0 nitrogen and oxygen atoms in total. The Morgan fingerprint density at radius 2 is 1.85 bits per heavy atom. The third kappa shape index (κ3) is 3.03. The van der Waals surface area contributed by atoms with Crippen LogP contribution >= 0.6 is 12.6 Å². The molecule has 0 N–H and O–H groups in total. The van der Waals surface area contributed by atoms with E-state index in [9.17, 15) is 0 Å². The number of hydrogen-bond donors (Lipinski definition) is 1. The summed E-state index contributed by atoms with van der Waals surface area (Å²) in [5, 5.41) is 0. The van der Waals surface area contributed by atoms with Crippen LogP contribution in [0.1, 0.15) is 50.8 Å². The van der Waals surface area contributed by atoms with Crippen LogP contribution in [0, 0.1) is 18.8 Å². The van der Waals surface area contributed by atoms with Crippen molar-refractivity contribution >= 4 is 18.2 Å². The van der Waals surface area contributed by atoms with Gasteiger partial charge >= 0.3 is 0 Å². The molecule has 0 radical (unpaired) electrons. The maximum atomic E-state index is 4.71. The molecule has 1 aliphatic rings. The highest BCUT2D eigenvalue weighted by Crippen LogP contribution is 2.34. The molecule has 1 aliphatic carbocycles. The Balaban J connectivity index is 2.42. The van der Waals surface area contributed by atoms with Gasteiger partial charge in [0.25, 0.3) is 0 Å². The van der Waals surface area contributed by atoms with Crippen molar-refractivity contribution in [2.24, 2.45) is 11.8 Å². The molecule has 1 aromatic carbocycles. The van der Waals surface area contributed by atoms with Crippen LogP contribution in [0.4, 0.5) is 0 Å². The van der Waals surface area contributed by atoms with E-state index in [4.69, 9.17) is 12.6 Å². The molecule has 20 heavy (non-hydrogen) atoms. The van der Waals surface area contributed by atoms with E-state index in [0.29, 0.717) is 11.8 Å². The Kier molecular flexibility index (Phi) is 4.80. The van der Waals surface area contributed by atoms with E-state index >= 15 is 0 Å². The predicted molar refractivity (Wildman–Crippen MR) is 92.5 cm³/mol. The Morgan fingerprint density at radius 3 is 2.40 bits per heavy atom. The van der Waals surface area contributed by atoms with E-state index in [0.717, 1.165) is 11.3 Å². The van der Waals surface area contributed by atoms with Crippen LogP contribution in [-0.4, -0.2) is 0 Å². The Labute approximate surface area is 129 Å². The molecule has 0 heterocycles. The first-order chi connectivity index (χ1) is 9.43. The zero-order chi connectivity index (χ0) is 14.9. The SMILES string of the molecule is CCCc1c(C)cc(C2=CC(C)C(C)C(C)=C2)cc1S. The fraction of sp³-hybridized carbons (Fsp3) is 0.474. The summed E-state index contributed by atoms with van der Waals surface area (Å²) in [6.07, 6.45) is 7.03. The Morgan fingerprint density at radius 1 is 1.15 bits per heavy atom. The minimum Gasteiger partial charge on any atom is -0.143 e. The second-order valence-corrected chi connectivity index (χ2v) is 6.68. The van der Waals surface area contributed by atoms with Crippen molar-refractivity contribution in [2.45, 2.75) is 52.4 Å². The highest BCUT2D eigenvalue weighted by atomic mass is 32.1. The van der Waals surface area contributed by atoms with Gasteiger partial charge in [0.2, 0.25) is 0 Å². The van der Waals surface area contributed by atoms with Crippen molar-refractivity contribution in [2.75, 3.05) is 0 Å². The van der Waals surface area contributed by atoms with Crippen molar-refractivity contribution < 1.29 is 0 Å². The quantitative estimate of drug-likeness (QED) is 0.662. The van der Waals surface area contributed by atoms with Crippen LogP contribution in [0.5, 0.6) is 0 Å². The molecule has 2 unspecified atom stereocenters. The first kappa shape index (κ1) is 15.4. The first-order valence-electron chi connectivity index (χ1n) is 7.67. The van der Waals surface area contributed by atoms with Crippen molar-refractivity contribution in [1.82, 2.24) is 0 Å². The zero-order valence-electron chi connectivity index (χ0n) is 13.3. The van der Waals surface area contributed by atoms with Gasteiger partial charge < -0.3 is 0 Å². The number of aryl methyl sites for hydroxylation is 1. The molecule has 0 amide bonds. The number of allylic oxidation sites excluding steroid dienone is 4. The van der Waals surface area contributed by atoms with Crippen molar-refractivity contribution in [3.63, 3.8) is 0 Å². The van der Waals surface area contributed by atoms with Gasteiger partial charge in [0.05, 0.1) is 0 Å². The molecular weight excluding hydrogens is 260 g/mol. The average molecular weight is 286 g/mol. The highest BCUT2D eigenvalue weighted by Gasteiger charge is 2.18. The molecule has 108 valence electrons. The topological polar surface area (TPSA) is 0 Å². The normalized spacial score (nSPS) is 22.5. The molecule has 2 atom stereocenters. The molecule has 2 rings (SSSR count). The fourth-order valence-electron chi connectivity index (χ4n) is 2.99. The van der Waals surface area contributed by atoms with Crippen molar-refractivity contribution in [3.05, 3.63) is 46.5 Å². The molecule has 1 aromatic rings. The van der Waals surface area contributed by atoms with Crippen LogP contribution in [-0.2, 0) is 6.42 Å². The van der Waals surface area contributed by atoms with E-state index in [1.807, 2.05) is 0 Å². The molecule has 0 spiro atoms. The molecule has 0 fully saturated rings. The van der Waals surface area contributed by atoms with Crippen LogP contribution in [0.25, 0.3) is 5.57 Å². The first-order valence-corrected chi connectivity index (χ1v) is 8.11. The highest BCUT2D eigenvalue weighted by molar-refractivity contribution is 7.80. The van der Waals surface area contributed by atoms with Crippen LogP contribution in [0.3, 0.4) is 0 Å². The molecular formula is C19H26S. The van der Waals surface area contributed by atoms with Gasteiger partial charge in [-0.1, -0.05) is 51.0 Å². The Hall–Kier alpha value is -0.950. The molecule has 0 aliphatic heterocycles. The van der Waals surface area contributed by atoms with Gasteiger partial charge in [0.15, 0.2) is 0 Å². The van der Waals surface area contributed by atoms with Crippen LogP contribution < -0.4 is 0 Å². The monoisotopic (exact) mass is 286 g/mol. The predicted octanol–water partition coefficient (Wildman–Crippen LogP) is 5.85. The lowest BCUT2D eigenvalue weighted by Gasteiger charge is -2.24. The lowest BCUT2D eigenvalue weighted by atomic mass is 9.81. The molecule has 0 saturated carbocycles. The minimum absolute atomic E-state index is 0.606. The van der Waals surface area contributed by atoms with Crippen molar-refractivity contribution in [1.29, 1.82) is 0 Å². The zero-order valence-corrected chi connectivity index (χ0v) is 14.2. The standard InChI is InChI=1S/C19H26S/c1-6-7-18-14(4)10-17(11-19(18)20)16-8-12(2)15(5)13(3)9-16/h8-12,15,20H,6-7H2,1-5H3. The maximum absolute atomic E-state index is 4.71. The summed E-state index contributed by atoms with van der Waals surface area (Å²) in [7, 11) is 0. The lowest BCUT2D eigenvalue weighted by Crippen LogP contribution is -2.11. The van der Waals surface area contributed by atoms with Gasteiger partial charge in [-0.2, -0.15) is 0 Å². The molecule has 0 aromatic heterocycles. The largest absolute Gasteiger partial charge is 0.143 e. The van der Waals surface area contributed by atoms with Gasteiger partial charge in [-0.15, -0.1) is 12.6 Å². The summed E-state index contributed by atoms with van der Waals surface area (Å²) >= 11 is 4.71. The van der Waals surface area contributed by atoms with Gasteiger partial charge in [0.1, 0.15) is 0 Å². The number of rotatable bonds is 3. The van der Waals surface area contributed by atoms with Crippen LogP contribution in [0.2, 0.25) is 0 Å². The summed E-state index contributed by atoms with van der Waals surface area (Å²) in [5.41, 5.74) is 6.91. The van der Waals surface area contributed by atoms with Gasteiger partial charge in [-0.3, -0.25) is 0 Å². The summed E-state index contributed by atoms with van der Waals surface area (Å²) < 4.78 is 0. The van der Waals surface area contributed by atoms with Gasteiger partial charge in [-0.25, -0.2) is 0 Å². The third-order valence-electron chi connectivity index (χ3n) is 4.62. The Bertz CT molecular complexity index is 540. The third-order valence-corrected chi connectivity index (χ3v) is 5.01. The summed E-state index contributed by atoms with van der Waals surface area (Å²) in [5.74, 6) is 1.25. The second kappa shape index (κ2) is 6.22. The van der Waals surface area contributed by atoms with E-state index in [2.05, 4.69) is 58.9 Å². The molecule has 1 heteroatoms. The van der Waals surface area contributed by atoms with Crippen molar-refractivity contribution in [3.8, 4) is 0 Å². The molecule has 0 bridgehead atoms. The van der Waals surface area contributed by atoms with Gasteiger partial charge in [-0.05, 0) is 60.4 Å². The minimum atomic E-state index is 0.606. The average Bonchev–Trinajstić information content (AvgIpc) is 2.39. The number of hydrogen-bond acceptors (Lipinski definition) is 1. The number of thiol groups is 1. The van der Waals surface area contributed by atoms with E-state index in [1.165, 1.54) is 34.3 Å². The number of benzene rings is 1. The second-order valence-electron chi connectivity index (χ2n) is 6.20. The van der Waals surface area contributed by atoms with Crippen LogP contribution in [0.15, 0.2) is 34.8 Å². The van der Waals surface area contributed by atoms with E-state index < -0.39 is 0 Å².